The van der Waals surface area contributed by atoms with Gasteiger partial charge in [-0.3, -0.25) is 4.79 Å². The molecule has 1 aromatic rings. The van der Waals surface area contributed by atoms with Crippen LogP contribution in [0.4, 0.5) is 0 Å². The predicted molar refractivity (Wildman–Crippen MR) is 87.0 cm³/mol. The largest absolute Gasteiger partial charge is 0.490 e. The fourth-order valence-electron chi connectivity index (χ4n) is 1.77. The van der Waals surface area contributed by atoms with E-state index in [9.17, 15) is 4.79 Å². The number of halogens is 1. The number of nitrogens with one attached hydrogen (secondary N) is 1. The lowest BCUT2D eigenvalue weighted by molar-refractivity contribution is 0.0921. The lowest BCUT2D eigenvalue weighted by Gasteiger charge is -2.16. The fraction of sp³-hybridized carbons (Fsp3) is 0.562. The first kappa shape index (κ1) is 18.6. The van der Waals surface area contributed by atoms with E-state index in [0.29, 0.717) is 35.3 Å². The Hall–Kier alpha value is -1.46. The smallest absolute Gasteiger partial charge is 0.251 e. The number of ether oxygens (including phenoxy) is 2. The second-order valence-electron chi connectivity index (χ2n) is 4.98. The number of aliphatic hydroxyl groups is 1. The Labute approximate surface area is 136 Å². The van der Waals surface area contributed by atoms with E-state index in [-0.39, 0.29) is 18.6 Å². The minimum atomic E-state index is -0.331. The second-order valence-corrected chi connectivity index (χ2v) is 5.38. The topological polar surface area (TPSA) is 67.8 Å². The molecule has 1 amide bonds. The molecule has 0 bridgehead atoms. The van der Waals surface area contributed by atoms with Crippen molar-refractivity contribution < 1.29 is 19.4 Å². The van der Waals surface area contributed by atoms with Crippen LogP contribution in [0.5, 0.6) is 11.5 Å². The Balaban J connectivity index is 3.00. The van der Waals surface area contributed by atoms with Crippen LogP contribution in [0, 0.1) is 0 Å². The number of rotatable bonds is 9. The zero-order valence-electron chi connectivity index (χ0n) is 13.3. The molecule has 0 heterocycles. The molecule has 1 unspecified atom stereocenters. The van der Waals surface area contributed by atoms with Crippen molar-refractivity contribution in [3.8, 4) is 11.5 Å². The zero-order valence-corrected chi connectivity index (χ0v) is 14.1. The van der Waals surface area contributed by atoms with Crippen LogP contribution in [-0.2, 0) is 0 Å². The molecule has 0 aliphatic carbocycles. The molecule has 5 nitrogen and oxygen atoms in total. The minimum Gasteiger partial charge on any atom is -0.490 e. The molecule has 0 fully saturated rings. The molecular weight excluding hydrogens is 306 g/mol. The number of carbonyl (C=O) groups excluding carboxylic acids is 1. The van der Waals surface area contributed by atoms with Crippen LogP contribution in [0.15, 0.2) is 12.1 Å². The van der Waals surface area contributed by atoms with E-state index in [1.807, 2.05) is 6.92 Å². The third-order valence-electron chi connectivity index (χ3n) is 2.97. The quantitative estimate of drug-likeness (QED) is 0.683. The highest BCUT2D eigenvalue weighted by atomic mass is 35.5. The van der Waals surface area contributed by atoms with Crippen molar-refractivity contribution in [1.82, 2.24) is 5.32 Å². The maximum atomic E-state index is 12.1. The average Bonchev–Trinajstić information content (AvgIpc) is 2.49. The van der Waals surface area contributed by atoms with E-state index < -0.39 is 0 Å². The van der Waals surface area contributed by atoms with Gasteiger partial charge in [-0.1, -0.05) is 24.9 Å². The van der Waals surface area contributed by atoms with Gasteiger partial charge >= 0.3 is 0 Å². The summed E-state index contributed by atoms with van der Waals surface area (Å²) in [5.74, 6) is 0.598. The first-order chi connectivity index (χ1) is 10.5. The van der Waals surface area contributed by atoms with Gasteiger partial charge < -0.3 is 19.9 Å². The van der Waals surface area contributed by atoms with E-state index in [1.54, 1.807) is 19.1 Å². The monoisotopic (exact) mass is 329 g/mol. The van der Waals surface area contributed by atoms with Gasteiger partial charge in [-0.25, -0.2) is 0 Å². The summed E-state index contributed by atoms with van der Waals surface area (Å²) >= 11 is 6.23. The fourth-order valence-corrected chi connectivity index (χ4v) is 2.04. The van der Waals surface area contributed by atoms with Gasteiger partial charge in [-0.15, -0.1) is 0 Å². The van der Waals surface area contributed by atoms with Gasteiger partial charge in [-0.2, -0.15) is 0 Å². The molecule has 0 saturated heterocycles. The van der Waals surface area contributed by atoms with Crippen molar-refractivity contribution in [2.75, 3.05) is 19.8 Å². The van der Waals surface area contributed by atoms with Crippen LogP contribution in [0.2, 0.25) is 5.02 Å². The lowest BCUT2D eigenvalue weighted by Crippen LogP contribution is -2.35. The molecule has 0 aromatic heterocycles. The molecule has 1 rings (SSSR count). The van der Waals surface area contributed by atoms with Crippen LogP contribution >= 0.6 is 11.6 Å². The van der Waals surface area contributed by atoms with Gasteiger partial charge in [-0.05, 0) is 32.4 Å². The second kappa shape index (κ2) is 9.54. The highest BCUT2D eigenvalue weighted by Crippen LogP contribution is 2.36. The van der Waals surface area contributed by atoms with E-state index >= 15 is 0 Å². The third kappa shape index (κ3) is 5.39. The molecule has 0 saturated carbocycles. The van der Waals surface area contributed by atoms with Crippen LogP contribution < -0.4 is 14.8 Å². The molecular formula is C16H24ClNO4. The van der Waals surface area contributed by atoms with Gasteiger partial charge in [0.2, 0.25) is 0 Å². The summed E-state index contributed by atoms with van der Waals surface area (Å²) in [7, 11) is 0. The zero-order chi connectivity index (χ0) is 16.5. The van der Waals surface area contributed by atoms with E-state index in [2.05, 4.69) is 12.2 Å². The number of hydrogen-bond donors (Lipinski definition) is 2. The highest BCUT2D eigenvalue weighted by molar-refractivity contribution is 6.32. The molecule has 0 aliphatic heterocycles. The number of hydrogen-bond acceptors (Lipinski definition) is 4. The number of aliphatic hydroxyl groups excluding tert-OH is 1. The van der Waals surface area contributed by atoms with E-state index in [1.165, 1.54) is 0 Å². The van der Waals surface area contributed by atoms with Crippen molar-refractivity contribution >= 4 is 17.5 Å². The van der Waals surface area contributed by atoms with Crippen LogP contribution in [0.1, 0.15) is 44.0 Å². The molecule has 0 spiro atoms. The molecule has 1 atom stereocenters. The normalized spacial score (nSPS) is 11.9. The molecule has 0 radical (unpaired) electrons. The summed E-state index contributed by atoms with van der Waals surface area (Å²) in [5, 5.41) is 12.0. The molecule has 6 heteroatoms. The number of carbonyl (C=O) groups is 1. The average molecular weight is 330 g/mol. The van der Waals surface area contributed by atoms with E-state index in [0.717, 1.165) is 12.8 Å². The predicted octanol–water partition coefficient (Wildman–Crippen LogP) is 3.03. The summed E-state index contributed by atoms with van der Waals surface area (Å²) in [4.78, 5) is 12.1. The number of amides is 1. The summed E-state index contributed by atoms with van der Waals surface area (Å²) < 4.78 is 11.2. The lowest BCUT2D eigenvalue weighted by atomic mass is 10.1. The Morgan fingerprint density at radius 1 is 1.36 bits per heavy atom. The van der Waals surface area contributed by atoms with Crippen molar-refractivity contribution in [2.24, 2.45) is 0 Å². The summed E-state index contributed by atoms with van der Waals surface area (Å²) in [5.41, 5.74) is 0.372. The Kier molecular flexibility index (Phi) is 8.06. The van der Waals surface area contributed by atoms with Crippen molar-refractivity contribution in [3.63, 3.8) is 0 Å². The van der Waals surface area contributed by atoms with Crippen molar-refractivity contribution in [3.05, 3.63) is 22.7 Å². The van der Waals surface area contributed by atoms with Crippen LogP contribution in [-0.4, -0.2) is 36.9 Å². The molecule has 2 N–H and O–H groups in total. The Bertz CT molecular complexity index is 493. The summed E-state index contributed by atoms with van der Waals surface area (Å²) in [6.07, 6.45) is 1.93. The van der Waals surface area contributed by atoms with Crippen molar-refractivity contribution in [1.29, 1.82) is 0 Å². The number of unbranched alkanes of at least 4 members (excludes halogenated alkanes) is 1. The van der Waals surface area contributed by atoms with Crippen molar-refractivity contribution in [2.45, 2.75) is 39.7 Å². The van der Waals surface area contributed by atoms with Gasteiger partial charge in [0, 0.05) is 11.6 Å². The maximum absolute atomic E-state index is 12.1. The molecule has 124 valence electrons. The highest BCUT2D eigenvalue weighted by Gasteiger charge is 2.17. The SMILES string of the molecule is CCCCOc1c(Cl)cc(C(=O)NC(C)CO)cc1OCC. The third-order valence-corrected chi connectivity index (χ3v) is 3.25. The summed E-state index contributed by atoms with van der Waals surface area (Å²) in [6, 6.07) is 2.82. The van der Waals surface area contributed by atoms with E-state index in [4.69, 9.17) is 26.2 Å². The first-order valence-electron chi connectivity index (χ1n) is 7.54. The Morgan fingerprint density at radius 2 is 2.09 bits per heavy atom. The minimum absolute atomic E-state index is 0.129. The van der Waals surface area contributed by atoms with Gasteiger partial charge in [0.15, 0.2) is 11.5 Å². The molecule has 0 aliphatic rings. The van der Waals surface area contributed by atoms with Crippen LogP contribution in [0.3, 0.4) is 0 Å². The molecule has 1 aromatic carbocycles. The van der Waals surface area contributed by atoms with Crippen LogP contribution in [0.25, 0.3) is 0 Å². The Morgan fingerprint density at radius 3 is 2.68 bits per heavy atom. The van der Waals surface area contributed by atoms with Gasteiger partial charge in [0.1, 0.15) is 0 Å². The number of benzene rings is 1. The first-order valence-corrected chi connectivity index (χ1v) is 7.92. The molecule has 22 heavy (non-hydrogen) atoms. The maximum Gasteiger partial charge on any atom is 0.251 e. The standard InChI is InChI=1S/C16H24ClNO4/c1-4-6-7-22-15-13(17)8-12(9-14(15)21-5-2)16(20)18-11(3)10-19/h8-9,11,19H,4-7,10H2,1-3H3,(H,18,20). The van der Waals surface area contributed by atoms with Gasteiger partial charge in [0.05, 0.1) is 24.8 Å². The van der Waals surface area contributed by atoms with Gasteiger partial charge in [0.25, 0.3) is 5.91 Å². The summed E-state index contributed by atoms with van der Waals surface area (Å²) in [6.45, 7) is 6.50.